The summed E-state index contributed by atoms with van der Waals surface area (Å²) in [6.07, 6.45) is 4.06. The average molecular weight is 217 g/mol. The van der Waals surface area contributed by atoms with E-state index in [1.807, 2.05) is 0 Å². The Morgan fingerprint density at radius 1 is 1.64 bits per heavy atom. The monoisotopic (exact) mass is 217 g/mol. The van der Waals surface area contributed by atoms with Crippen molar-refractivity contribution >= 4 is 15.7 Å². The number of aromatic nitrogens is 2. The lowest BCUT2D eigenvalue weighted by Crippen LogP contribution is -2.29. The molecule has 0 atom stereocenters. The number of hydrogen-bond acceptors (Lipinski definition) is 4. The van der Waals surface area contributed by atoms with Crippen molar-refractivity contribution in [1.82, 2.24) is 15.3 Å². The number of carbonyl (C=O) groups excluding carboxylic acids is 1. The van der Waals surface area contributed by atoms with E-state index < -0.39 is 21.5 Å². The zero-order chi connectivity index (χ0) is 10.6. The molecule has 1 rings (SSSR count). The highest BCUT2D eigenvalue weighted by Crippen LogP contribution is 1.89. The van der Waals surface area contributed by atoms with E-state index in [1.54, 1.807) is 6.20 Å². The van der Waals surface area contributed by atoms with Crippen LogP contribution in [0.5, 0.6) is 0 Å². The molecule has 0 aliphatic rings. The molecule has 7 heteroatoms. The normalized spacial score (nSPS) is 11.2. The number of nitrogens with one attached hydrogen (secondary N) is 2. The summed E-state index contributed by atoms with van der Waals surface area (Å²) in [6.45, 7) is 0.258. The van der Waals surface area contributed by atoms with E-state index in [9.17, 15) is 13.2 Å². The van der Waals surface area contributed by atoms with Gasteiger partial charge in [0, 0.05) is 12.5 Å². The third-order valence-electron chi connectivity index (χ3n) is 1.42. The molecule has 0 unspecified atom stereocenters. The molecule has 1 amide bonds. The van der Waals surface area contributed by atoms with Crippen molar-refractivity contribution in [2.75, 3.05) is 12.0 Å². The van der Waals surface area contributed by atoms with Crippen LogP contribution < -0.4 is 5.32 Å². The van der Waals surface area contributed by atoms with Gasteiger partial charge < -0.3 is 10.3 Å². The number of H-pyrrole nitrogens is 1. The highest BCUT2D eigenvalue weighted by molar-refractivity contribution is 7.91. The molecular formula is C7H11N3O3S. The second-order valence-corrected chi connectivity index (χ2v) is 5.06. The van der Waals surface area contributed by atoms with Gasteiger partial charge in [0.1, 0.15) is 5.75 Å². The number of sulfone groups is 1. The van der Waals surface area contributed by atoms with E-state index in [2.05, 4.69) is 15.3 Å². The minimum atomic E-state index is -3.25. The summed E-state index contributed by atoms with van der Waals surface area (Å²) in [5, 5.41) is 2.45. The molecule has 0 aliphatic heterocycles. The second kappa shape index (κ2) is 4.23. The zero-order valence-corrected chi connectivity index (χ0v) is 8.47. The van der Waals surface area contributed by atoms with Gasteiger partial charge >= 0.3 is 0 Å². The van der Waals surface area contributed by atoms with E-state index >= 15 is 0 Å². The van der Waals surface area contributed by atoms with Gasteiger partial charge in [-0.05, 0) is 0 Å². The summed E-state index contributed by atoms with van der Waals surface area (Å²) in [4.78, 5) is 17.6. The first-order chi connectivity index (χ1) is 6.47. The standard InChI is InChI=1S/C7H11N3O3S/c1-14(12,13)4-7(11)9-3-6-2-8-5-10-6/h2,5H,3-4H2,1H3,(H,8,10)(H,9,11). The molecule has 6 nitrogen and oxygen atoms in total. The summed E-state index contributed by atoms with van der Waals surface area (Å²) in [6, 6.07) is 0. The van der Waals surface area contributed by atoms with E-state index in [1.165, 1.54) is 6.33 Å². The Hall–Kier alpha value is -1.37. The van der Waals surface area contributed by atoms with Gasteiger partial charge in [0.05, 0.1) is 18.6 Å². The molecule has 0 fully saturated rings. The molecule has 0 spiro atoms. The van der Waals surface area contributed by atoms with Crippen LogP contribution in [0.25, 0.3) is 0 Å². The van der Waals surface area contributed by atoms with Crippen LogP contribution in [0.1, 0.15) is 5.69 Å². The maximum absolute atomic E-state index is 11.0. The van der Waals surface area contributed by atoms with Gasteiger partial charge in [-0.25, -0.2) is 13.4 Å². The van der Waals surface area contributed by atoms with Gasteiger partial charge in [-0.15, -0.1) is 0 Å². The van der Waals surface area contributed by atoms with Gasteiger partial charge in [-0.2, -0.15) is 0 Å². The van der Waals surface area contributed by atoms with Crippen molar-refractivity contribution in [3.8, 4) is 0 Å². The van der Waals surface area contributed by atoms with Gasteiger partial charge in [0.15, 0.2) is 9.84 Å². The highest BCUT2D eigenvalue weighted by atomic mass is 32.2. The molecular weight excluding hydrogens is 206 g/mol. The first-order valence-electron chi connectivity index (χ1n) is 3.89. The quantitative estimate of drug-likeness (QED) is 0.681. The lowest BCUT2D eigenvalue weighted by atomic mass is 10.5. The second-order valence-electron chi connectivity index (χ2n) is 2.92. The fraction of sp³-hybridized carbons (Fsp3) is 0.429. The van der Waals surface area contributed by atoms with Crippen LogP contribution in [-0.4, -0.2) is 36.3 Å². The molecule has 0 aliphatic carbocycles. The Balaban J connectivity index is 2.36. The Morgan fingerprint density at radius 2 is 2.36 bits per heavy atom. The van der Waals surface area contributed by atoms with Gasteiger partial charge in [-0.1, -0.05) is 0 Å². The lowest BCUT2D eigenvalue weighted by Gasteiger charge is -2.01. The number of rotatable bonds is 4. The molecule has 0 bridgehead atoms. The summed E-state index contributed by atoms with van der Waals surface area (Å²) in [5.41, 5.74) is 0.729. The Labute approximate surface area is 81.7 Å². The molecule has 0 saturated carbocycles. The fourth-order valence-corrected chi connectivity index (χ4v) is 1.44. The van der Waals surface area contributed by atoms with Crippen LogP contribution in [0.4, 0.5) is 0 Å². The molecule has 1 aromatic heterocycles. The molecule has 0 radical (unpaired) electrons. The summed E-state index contributed by atoms with van der Waals surface area (Å²) in [5.74, 6) is -0.997. The van der Waals surface area contributed by atoms with Crippen LogP contribution >= 0.6 is 0 Å². The van der Waals surface area contributed by atoms with E-state index in [4.69, 9.17) is 0 Å². The van der Waals surface area contributed by atoms with Crippen LogP contribution in [0.3, 0.4) is 0 Å². The molecule has 0 saturated heterocycles. The molecule has 1 heterocycles. The average Bonchev–Trinajstić information content (AvgIpc) is 2.49. The van der Waals surface area contributed by atoms with Crippen molar-refractivity contribution in [3.05, 3.63) is 18.2 Å². The minimum absolute atomic E-state index is 0.258. The molecule has 14 heavy (non-hydrogen) atoms. The predicted octanol–water partition coefficient (Wildman–Crippen LogP) is -0.929. The van der Waals surface area contributed by atoms with Crippen LogP contribution in [0.2, 0.25) is 0 Å². The lowest BCUT2D eigenvalue weighted by molar-refractivity contribution is -0.118. The smallest absolute Gasteiger partial charge is 0.235 e. The maximum Gasteiger partial charge on any atom is 0.235 e. The summed E-state index contributed by atoms with van der Waals surface area (Å²) in [7, 11) is -3.25. The van der Waals surface area contributed by atoms with Gasteiger partial charge in [-0.3, -0.25) is 4.79 Å². The molecule has 78 valence electrons. The topological polar surface area (TPSA) is 91.9 Å². The van der Waals surface area contributed by atoms with Crippen molar-refractivity contribution in [3.63, 3.8) is 0 Å². The first-order valence-corrected chi connectivity index (χ1v) is 5.95. The number of carbonyl (C=O) groups is 1. The largest absolute Gasteiger partial charge is 0.350 e. The first kappa shape index (κ1) is 10.7. The number of aromatic amines is 1. The van der Waals surface area contributed by atoms with Crippen LogP contribution in [0.15, 0.2) is 12.5 Å². The third kappa shape index (κ3) is 4.04. The van der Waals surface area contributed by atoms with Crippen LogP contribution in [-0.2, 0) is 21.2 Å². The molecule has 2 N–H and O–H groups in total. The number of hydrogen-bond donors (Lipinski definition) is 2. The zero-order valence-electron chi connectivity index (χ0n) is 7.65. The van der Waals surface area contributed by atoms with Crippen molar-refractivity contribution in [2.24, 2.45) is 0 Å². The molecule has 1 aromatic rings. The predicted molar refractivity (Wildman–Crippen MR) is 50.1 cm³/mol. The summed E-state index contributed by atoms with van der Waals surface area (Å²) < 4.78 is 21.4. The third-order valence-corrected chi connectivity index (χ3v) is 2.21. The number of amides is 1. The SMILES string of the molecule is CS(=O)(=O)CC(=O)NCc1cnc[nH]1. The fourth-order valence-electron chi connectivity index (χ4n) is 0.864. The Bertz CT molecular complexity index is 396. The minimum Gasteiger partial charge on any atom is -0.350 e. The summed E-state index contributed by atoms with van der Waals surface area (Å²) >= 11 is 0. The van der Waals surface area contributed by atoms with Crippen LogP contribution in [0, 0.1) is 0 Å². The van der Waals surface area contributed by atoms with Crippen molar-refractivity contribution in [2.45, 2.75) is 6.54 Å². The van der Waals surface area contributed by atoms with Crippen molar-refractivity contribution < 1.29 is 13.2 Å². The van der Waals surface area contributed by atoms with Gasteiger partial charge in [0.2, 0.25) is 5.91 Å². The number of imidazole rings is 1. The number of nitrogens with zero attached hydrogens (tertiary/aromatic N) is 1. The highest BCUT2D eigenvalue weighted by Gasteiger charge is 2.10. The van der Waals surface area contributed by atoms with Gasteiger partial charge in [0.25, 0.3) is 0 Å². The maximum atomic E-state index is 11.0. The Kier molecular flexibility index (Phi) is 3.23. The Morgan fingerprint density at radius 3 is 2.86 bits per heavy atom. The van der Waals surface area contributed by atoms with E-state index in [0.29, 0.717) is 0 Å². The van der Waals surface area contributed by atoms with E-state index in [0.717, 1.165) is 11.9 Å². The molecule has 0 aromatic carbocycles. The van der Waals surface area contributed by atoms with E-state index in [-0.39, 0.29) is 6.54 Å². The van der Waals surface area contributed by atoms with Crippen molar-refractivity contribution in [1.29, 1.82) is 0 Å².